The fraction of sp³-hybridized carbons (Fsp3) is 0.875. The predicted octanol–water partition coefficient (Wildman–Crippen LogP) is 2.94. The van der Waals surface area contributed by atoms with E-state index in [-0.39, 0.29) is 6.10 Å². The third-order valence-corrected chi connectivity index (χ3v) is 2.41. The summed E-state index contributed by atoms with van der Waals surface area (Å²) in [6.07, 6.45) is 4.57. The van der Waals surface area contributed by atoms with Crippen LogP contribution in [0.4, 0.5) is 4.79 Å². The van der Waals surface area contributed by atoms with Crippen molar-refractivity contribution in [1.82, 2.24) is 0 Å². The molecule has 0 amide bonds. The Bertz CT molecular complexity index is 143. The summed E-state index contributed by atoms with van der Waals surface area (Å²) >= 11 is 5.12. The summed E-state index contributed by atoms with van der Waals surface area (Å²) in [6.45, 7) is 2.02. The van der Waals surface area contributed by atoms with E-state index in [4.69, 9.17) is 16.3 Å². The summed E-state index contributed by atoms with van der Waals surface area (Å²) in [6, 6.07) is 0. The first-order valence-electron chi connectivity index (χ1n) is 4.10. The van der Waals surface area contributed by atoms with Crippen LogP contribution < -0.4 is 0 Å². The SMILES string of the molecule is CCC(OC(=O)Cl)C1CCC1. The van der Waals surface area contributed by atoms with Crippen molar-refractivity contribution in [3.8, 4) is 0 Å². The van der Waals surface area contributed by atoms with Crippen molar-refractivity contribution in [3.05, 3.63) is 0 Å². The Morgan fingerprint density at radius 3 is 2.64 bits per heavy atom. The van der Waals surface area contributed by atoms with Crippen molar-refractivity contribution in [3.63, 3.8) is 0 Å². The second-order valence-corrected chi connectivity index (χ2v) is 3.30. The molecule has 1 aliphatic carbocycles. The lowest BCUT2D eigenvalue weighted by molar-refractivity contribution is 0.0451. The summed E-state index contributed by atoms with van der Waals surface area (Å²) in [7, 11) is 0. The number of halogens is 1. The molecule has 0 radical (unpaired) electrons. The zero-order chi connectivity index (χ0) is 8.27. The largest absolute Gasteiger partial charge is 0.450 e. The molecule has 64 valence electrons. The zero-order valence-electron chi connectivity index (χ0n) is 6.68. The highest BCUT2D eigenvalue weighted by Crippen LogP contribution is 2.32. The zero-order valence-corrected chi connectivity index (χ0v) is 7.43. The molecule has 1 rings (SSSR count). The molecule has 1 fully saturated rings. The first-order valence-corrected chi connectivity index (χ1v) is 4.48. The van der Waals surface area contributed by atoms with E-state index in [1.54, 1.807) is 0 Å². The molecule has 1 atom stereocenters. The van der Waals surface area contributed by atoms with Crippen LogP contribution >= 0.6 is 11.6 Å². The second kappa shape index (κ2) is 3.96. The van der Waals surface area contributed by atoms with Gasteiger partial charge in [-0.15, -0.1) is 0 Å². The molecule has 0 aromatic rings. The van der Waals surface area contributed by atoms with E-state index in [0.717, 1.165) is 6.42 Å². The van der Waals surface area contributed by atoms with Gasteiger partial charge in [-0.1, -0.05) is 13.3 Å². The van der Waals surface area contributed by atoms with Crippen LogP contribution in [0.1, 0.15) is 32.6 Å². The van der Waals surface area contributed by atoms with E-state index in [1.807, 2.05) is 6.92 Å². The standard InChI is InChI=1S/C8H13ClO2/c1-2-7(11-8(9)10)6-4-3-5-6/h6-7H,2-5H2,1H3. The first kappa shape index (κ1) is 8.85. The molecule has 0 bridgehead atoms. The number of carbonyl (C=O) groups excluding carboxylic acids is 1. The summed E-state index contributed by atoms with van der Waals surface area (Å²) in [5.74, 6) is 0.572. The van der Waals surface area contributed by atoms with E-state index in [1.165, 1.54) is 19.3 Å². The van der Waals surface area contributed by atoms with Crippen molar-refractivity contribution in [2.45, 2.75) is 38.7 Å². The van der Waals surface area contributed by atoms with Crippen LogP contribution in [-0.2, 0) is 4.74 Å². The van der Waals surface area contributed by atoms with Gasteiger partial charge in [0.25, 0.3) is 0 Å². The van der Waals surface area contributed by atoms with Crippen molar-refractivity contribution in [2.75, 3.05) is 0 Å². The monoisotopic (exact) mass is 176 g/mol. The molecule has 0 aromatic carbocycles. The minimum atomic E-state index is -0.663. The fourth-order valence-corrected chi connectivity index (χ4v) is 1.56. The lowest BCUT2D eigenvalue weighted by Gasteiger charge is -2.31. The van der Waals surface area contributed by atoms with Gasteiger partial charge in [-0.25, -0.2) is 4.79 Å². The number of hydrogen-bond donors (Lipinski definition) is 0. The Labute approximate surface area is 71.9 Å². The number of rotatable bonds is 3. The molecule has 1 aliphatic rings. The van der Waals surface area contributed by atoms with Crippen LogP contribution in [0.15, 0.2) is 0 Å². The van der Waals surface area contributed by atoms with Crippen molar-refractivity contribution < 1.29 is 9.53 Å². The fourth-order valence-electron chi connectivity index (χ4n) is 1.44. The number of carbonyl (C=O) groups is 1. The highest BCUT2D eigenvalue weighted by Gasteiger charge is 2.28. The van der Waals surface area contributed by atoms with Crippen molar-refractivity contribution >= 4 is 17.0 Å². The molecular weight excluding hydrogens is 164 g/mol. The van der Waals surface area contributed by atoms with Gasteiger partial charge in [0.15, 0.2) is 0 Å². The lowest BCUT2D eigenvalue weighted by Crippen LogP contribution is -2.29. The normalized spacial score (nSPS) is 20.5. The van der Waals surface area contributed by atoms with Gasteiger partial charge in [0.1, 0.15) is 6.10 Å². The van der Waals surface area contributed by atoms with E-state index in [9.17, 15) is 4.79 Å². The minimum absolute atomic E-state index is 0.0637. The molecule has 0 heterocycles. The van der Waals surface area contributed by atoms with Crippen LogP contribution in [0.25, 0.3) is 0 Å². The predicted molar refractivity (Wildman–Crippen MR) is 43.8 cm³/mol. The third kappa shape index (κ3) is 2.37. The second-order valence-electron chi connectivity index (χ2n) is 2.99. The third-order valence-electron chi connectivity index (χ3n) is 2.32. The smallest absolute Gasteiger partial charge is 0.404 e. The number of hydrogen-bond acceptors (Lipinski definition) is 2. The van der Waals surface area contributed by atoms with Crippen LogP contribution in [0.3, 0.4) is 0 Å². The Hall–Kier alpha value is -0.240. The van der Waals surface area contributed by atoms with Gasteiger partial charge in [-0.05, 0) is 25.2 Å². The summed E-state index contributed by atoms with van der Waals surface area (Å²) in [5.41, 5.74) is -0.663. The molecule has 0 spiro atoms. The Kier molecular flexibility index (Phi) is 3.18. The van der Waals surface area contributed by atoms with E-state index in [0.29, 0.717) is 5.92 Å². The molecule has 0 saturated heterocycles. The van der Waals surface area contributed by atoms with Crippen LogP contribution in [0.5, 0.6) is 0 Å². The summed E-state index contributed by atoms with van der Waals surface area (Å²) in [4.78, 5) is 10.4. The maximum Gasteiger partial charge on any atom is 0.404 e. The quantitative estimate of drug-likeness (QED) is 0.618. The van der Waals surface area contributed by atoms with Gasteiger partial charge in [0, 0.05) is 11.6 Å². The van der Waals surface area contributed by atoms with Crippen LogP contribution in [-0.4, -0.2) is 11.5 Å². The van der Waals surface area contributed by atoms with Crippen LogP contribution in [0.2, 0.25) is 0 Å². The maximum absolute atomic E-state index is 10.4. The lowest BCUT2D eigenvalue weighted by atomic mass is 9.80. The molecule has 0 aromatic heterocycles. The van der Waals surface area contributed by atoms with Gasteiger partial charge >= 0.3 is 5.43 Å². The average Bonchev–Trinajstić information content (AvgIpc) is 1.81. The van der Waals surface area contributed by atoms with Crippen molar-refractivity contribution in [1.29, 1.82) is 0 Å². The topological polar surface area (TPSA) is 26.3 Å². The molecule has 3 heteroatoms. The molecule has 1 saturated carbocycles. The Balaban J connectivity index is 2.29. The van der Waals surface area contributed by atoms with Gasteiger partial charge in [0.2, 0.25) is 0 Å². The highest BCUT2D eigenvalue weighted by atomic mass is 35.5. The number of ether oxygens (including phenoxy) is 1. The highest BCUT2D eigenvalue weighted by molar-refractivity contribution is 6.61. The molecule has 0 N–H and O–H groups in total. The molecule has 0 aliphatic heterocycles. The molecular formula is C8H13ClO2. The summed E-state index contributed by atoms with van der Waals surface area (Å²) in [5, 5.41) is 0. The Morgan fingerprint density at radius 1 is 1.73 bits per heavy atom. The maximum atomic E-state index is 10.4. The molecule has 2 nitrogen and oxygen atoms in total. The molecule has 11 heavy (non-hydrogen) atoms. The van der Waals surface area contributed by atoms with Crippen LogP contribution in [0, 0.1) is 5.92 Å². The van der Waals surface area contributed by atoms with Gasteiger partial charge in [0.05, 0.1) is 0 Å². The minimum Gasteiger partial charge on any atom is -0.450 e. The average molecular weight is 177 g/mol. The van der Waals surface area contributed by atoms with Gasteiger partial charge in [-0.2, -0.15) is 0 Å². The van der Waals surface area contributed by atoms with E-state index < -0.39 is 5.43 Å². The first-order chi connectivity index (χ1) is 5.24. The Morgan fingerprint density at radius 2 is 2.36 bits per heavy atom. The van der Waals surface area contributed by atoms with Gasteiger partial charge < -0.3 is 4.74 Å². The molecule has 1 unspecified atom stereocenters. The summed E-state index contributed by atoms with van der Waals surface area (Å²) < 4.78 is 4.93. The van der Waals surface area contributed by atoms with E-state index >= 15 is 0 Å². The van der Waals surface area contributed by atoms with Gasteiger partial charge in [-0.3, -0.25) is 0 Å². The van der Waals surface area contributed by atoms with E-state index in [2.05, 4.69) is 0 Å². The van der Waals surface area contributed by atoms with Crippen molar-refractivity contribution in [2.24, 2.45) is 5.92 Å².